The van der Waals surface area contributed by atoms with Gasteiger partial charge in [-0.05, 0) is 50.1 Å². The molecule has 0 fully saturated rings. The molecule has 16 heteroatoms. The van der Waals surface area contributed by atoms with Crippen molar-refractivity contribution in [2.45, 2.75) is 16.2 Å². The summed E-state index contributed by atoms with van der Waals surface area (Å²) in [5.74, 6) is -33.9. The van der Waals surface area contributed by atoms with E-state index < -0.39 is 127 Å². The molecule has 0 bridgehead atoms. The van der Waals surface area contributed by atoms with E-state index in [0.29, 0.717) is 0 Å². The highest BCUT2D eigenvalue weighted by atomic mass is 19.2. The molecule has 0 aliphatic rings. The van der Waals surface area contributed by atoms with E-state index in [0.717, 1.165) is 0 Å². The third-order valence-electron chi connectivity index (χ3n) is 16.3. The fraction of sp³-hybridized carbons (Fsp3) is 0.0400. The van der Waals surface area contributed by atoms with Gasteiger partial charge in [-0.3, -0.25) is 0 Å². The minimum atomic E-state index is -3.53. The van der Waals surface area contributed by atoms with Gasteiger partial charge < -0.3 is 14.0 Å². The van der Waals surface area contributed by atoms with E-state index in [1.165, 1.54) is 218 Å². The molecule has 0 amide bonds. The number of halogens is 12. The highest BCUT2D eigenvalue weighted by Crippen LogP contribution is 2.56. The first-order valence-electron chi connectivity index (χ1n) is 28.3. The molecule has 0 atom stereocenters. The highest BCUT2D eigenvalue weighted by molar-refractivity contribution is 6.39. The Labute approximate surface area is 514 Å². The van der Waals surface area contributed by atoms with Crippen molar-refractivity contribution in [1.82, 2.24) is 0 Å². The Morgan fingerprint density at radius 2 is 0.308 bits per heavy atom. The Hall–Kier alpha value is -10.7. The first-order chi connectivity index (χ1) is 44.2. The monoisotopic (exact) mass is 1230 g/mol. The van der Waals surface area contributed by atoms with Gasteiger partial charge in [-0.25, -0.2) is 39.5 Å². The number of hydrogen-bond donors (Lipinski definition) is 0. The van der Waals surface area contributed by atoms with Crippen LogP contribution >= 0.6 is 0 Å². The van der Waals surface area contributed by atoms with Crippen molar-refractivity contribution >= 4 is 7.32 Å². The molecule has 0 N–H and O–H groups in total. The fourth-order valence-corrected chi connectivity index (χ4v) is 12.5. The molecule has 450 valence electrons. The first kappa shape index (κ1) is 60.5. The second-order valence-electron chi connectivity index (χ2n) is 21.1. The van der Waals surface area contributed by atoms with Gasteiger partial charge in [0.25, 0.3) is 0 Å². The number of rotatable bonds is 18. The summed E-state index contributed by atoms with van der Waals surface area (Å²) in [6.07, 6.45) is 0. The van der Waals surface area contributed by atoms with Gasteiger partial charge in [0.2, 0.25) is 34.9 Å². The van der Waals surface area contributed by atoms with Gasteiger partial charge in [0.1, 0.15) is 0 Å². The molecule has 3 nitrogen and oxygen atoms in total. The summed E-state index contributed by atoms with van der Waals surface area (Å²) >= 11 is 0. The third-order valence-corrected chi connectivity index (χ3v) is 16.3. The van der Waals surface area contributed by atoms with Gasteiger partial charge in [0.05, 0.1) is 32.9 Å². The predicted octanol–water partition coefficient (Wildman–Crippen LogP) is 19.0. The maximum Gasteiger partial charge on any atom is 0.864 e. The van der Waals surface area contributed by atoms with Gasteiger partial charge in [-0.15, -0.1) is 0 Å². The van der Waals surface area contributed by atoms with E-state index in [4.69, 9.17) is 14.0 Å². The van der Waals surface area contributed by atoms with Crippen molar-refractivity contribution in [3.05, 3.63) is 410 Å². The topological polar surface area (TPSA) is 27.7 Å². The quantitative estimate of drug-likeness (QED) is 0.0282. The Morgan fingerprint density at radius 3 is 0.451 bits per heavy atom. The zero-order chi connectivity index (χ0) is 63.6. The van der Waals surface area contributed by atoms with Gasteiger partial charge in [-0.2, -0.15) is 13.2 Å². The summed E-state index contributed by atoms with van der Waals surface area (Å²) in [6, 6.07) is 66.5. The molecule has 0 aromatic heterocycles. The van der Waals surface area contributed by atoms with Crippen LogP contribution in [0.15, 0.2) is 273 Å². The van der Waals surface area contributed by atoms with E-state index in [1.807, 2.05) is 0 Å². The van der Waals surface area contributed by atoms with Crippen LogP contribution in [0.1, 0.15) is 66.8 Å². The van der Waals surface area contributed by atoms with E-state index in [-0.39, 0.29) is 50.1 Å². The maximum atomic E-state index is 18.2. The number of benzene rings is 12. The van der Waals surface area contributed by atoms with Gasteiger partial charge in [0, 0.05) is 0 Å². The van der Waals surface area contributed by atoms with Crippen molar-refractivity contribution in [1.29, 1.82) is 0 Å². The molecule has 0 radical (unpaired) electrons. The molecular formula is C75H45BF12O3. The third kappa shape index (κ3) is 10.0. The van der Waals surface area contributed by atoms with Crippen LogP contribution in [-0.2, 0) is 16.2 Å². The molecule has 0 saturated heterocycles. The van der Waals surface area contributed by atoms with E-state index in [2.05, 4.69) is 0 Å². The summed E-state index contributed by atoms with van der Waals surface area (Å²) in [5, 5.41) is 0. The van der Waals surface area contributed by atoms with E-state index in [1.54, 1.807) is 54.6 Å². The van der Waals surface area contributed by atoms with Crippen molar-refractivity contribution in [3.63, 3.8) is 0 Å². The largest absolute Gasteiger partial charge is 0.864 e. The molecule has 0 saturated carbocycles. The molecule has 0 unspecified atom stereocenters. The average Bonchev–Trinajstić information content (AvgIpc) is 0.736. The summed E-state index contributed by atoms with van der Waals surface area (Å²) in [5.41, 5.74) is -11.0. The van der Waals surface area contributed by atoms with Crippen LogP contribution in [0.2, 0.25) is 0 Å². The summed E-state index contributed by atoms with van der Waals surface area (Å²) < 4.78 is 229. The van der Waals surface area contributed by atoms with Crippen LogP contribution in [0.3, 0.4) is 0 Å². The Kier molecular flexibility index (Phi) is 16.7. The number of hydrogen-bond acceptors (Lipinski definition) is 3. The van der Waals surface area contributed by atoms with Crippen LogP contribution < -0.4 is 14.0 Å². The second kappa shape index (κ2) is 25.0. The first-order valence-corrected chi connectivity index (χ1v) is 28.3. The highest BCUT2D eigenvalue weighted by Gasteiger charge is 2.53. The fourth-order valence-electron chi connectivity index (χ4n) is 12.5. The summed E-state index contributed by atoms with van der Waals surface area (Å²) in [4.78, 5) is 0. The smallest absolute Gasteiger partial charge is 0.486 e. The Bertz CT molecular complexity index is 3810. The zero-order valence-electron chi connectivity index (χ0n) is 47.3. The predicted molar refractivity (Wildman–Crippen MR) is 321 cm³/mol. The van der Waals surface area contributed by atoms with E-state index in [9.17, 15) is 0 Å². The van der Waals surface area contributed by atoms with Gasteiger partial charge in [-0.1, -0.05) is 273 Å². The summed E-state index contributed by atoms with van der Waals surface area (Å²) in [7, 11) is -3.53. The van der Waals surface area contributed by atoms with Crippen LogP contribution in [0.4, 0.5) is 52.7 Å². The molecule has 12 aromatic rings. The maximum absolute atomic E-state index is 18.2. The lowest BCUT2D eigenvalue weighted by atomic mass is 9.64. The lowest BCUT2D eigenvalue weighted by molar-refractivity contribution is 0.263. The van der Waals surface area contributed by atoms with Crippen molar-refractivity contribution in [3.8, 4) is 17.2 Å². The molecule has 0 spiro atoms. The van der Waals surface area contributed by atoms with Crippen LogP contribution in [-0.4, -0.2) is 7.32 Å². The molecule has 12 rings (SSSR count). The van der Waals surface area contributed by atoms with Gasteiger partial charge in [0.15, 0.2) is 52.2 Å². The van der Waals surface area contributed by atoms with Crippen molar-refractivity contribution < 1.29 is 66.6 Å². The zero-order valence-corrected chi connectivity index (χ0v) is 47.3. The Balaban J connectivity index is 1.25. The lowest BCUT2D eigenvalue weighted by Gasteiger charge is -2.39. The van der Waals surface area contributed by atoms with Crippen molar-refractivity contribution in [2.24, 2.45) is 0 Å². The van der Waals surface area contributed by atoms with E-state index >= 15 is 52.7 Å². The molecule has 0 heterocycles. The molecule has 0 aliphatic heterocycles. The minimum absolute atomic E-state index is 0.00342. The summed E-state index contributed by atoms with van der Waals surface area (Å²) in [6.45, 7) is 0. The minimum Gasteiger partial charge on any atom is -0.486 e. The Morgan fingerprint density at radius 1 is 0.176 bits per heavy atom. The molecule has 0 aliphatic carbocycles. The molecule has 91 heavy (non-hydrogen) atoms. The molecule has 12 aromatic carbocycles. The van der Waals surface area contributed by atoms with Gasteiger partial charge >= 0.3 is 7.32 Å². The van der Waals surface area contributed by atoms with Crippen LogP contribution in [0.25, 0.3) is 0 Å². The lowest BCUT2D eigenvalue weighted by Crippen LogP contribution is -2.43. The van der Waals surface area contributed by atoms with Crippen LogP contribution in [0.5, 0.6) is 17.2 Å². The average molecular weight is 1230 g/mol. The second-order valence-corrected chi connectivity index (χ2v) is 21.1. The van der Waals surface area contributed by atoms with Crippen molar-refractivity contribution in [2.75, 3.05) is 0 Å². The normalized spacial score (nSPS) is 11.7. The van der Waals surface area contributed by atoms with Crippen LogP contribution in [0, 0.1) is 69.8 Å². The standard InChI is InChI=1S/C75H45BF12O3/c77-58-55(73(46-28-10-1-11-29-46,47-30-12-2-13-31-47)48-32-14-3-15-33-48)70(67(86)64(83)61(58)80)89-76(90-71-56(59(78)62(81)65(84)68(71)87)74(49-34-16-4-17-35-49,50-36-18-5-19-37-50)51-38-20-6-21-39-51)91-72-57(60(79)63(82)66(85)69(72)88)75(52-40-22-7-23-41-52,53-42-24-8-25-43-53)54-44-26-9-27-45-54/h1-45H. The molecular weight excluding hydrogens is 1190 g/mol. The SMILES string of the molecule is Fc1c(F)c(F)c(C(c2ccccc2)(c2ccccc2)c2ccccc2)c(OB(Oc2c(F)c(F)c(F)c(F)c2C(c2ccccc2)(c2ccccc2)c2ccccc2)Oc2c(F)c(F)c(F)c(F)c2C(c2ccccc2)(c2ccccc2)c2ccccc2)c1F.